The fourth-order valence-electron chi connectivity index (χ4n) is 3.46. The molecule has 4 rings (SSSR count). The SMILES string of the molecule is CN1CCC(O)(C#Cc2cccc(-n3nc(C(N)=O)c4c3OCCC4)c2)C1=O. The van der Waals surface area contributed by atoms with Crippen LogP contribution in [0.4, 0.5) is 0 Å². The Bertz CT molecular complexity index is 1030. The number of aliphatic hydroxyl groups is 1. The molecule has 28 heavy (non-hydrogen) atoms. The van der Waals surface area contributed by atoms with E-state index in [4.69, 9.17) is 10.5 Å². The number of likely N-dealkylation sites (N-methyl/N-ethyl adjacent to an activating group) is 1. The van der Waals surface area contributed by atoms with E-state index < -0.39 is 17.4 Å². The zero-order valence-corrected chi connectivity index (χ0v) is 15.4. The van der Waals surface area contributed by atoms with Gasteiger partial charge in [0.05, 0.1) is 12.3 Å². The second-order valence-electron chi connectivity index (χ2n) is 7.00. The minimum absolute atomic E-state index is 0.208. The summed E-state index contributed by atoms with van der Waals surface area (Å²) in [5.74, 6) is 5.10. The summed E-state index contributed by atoms with van der Waals surface area (Å²) >= 11 is 0. The van der Waals surface area contributed by atoms with Crippen LogP contribution in [0.25, 0.3) is 5.69 Å². The van der Waals surface area contributed by atoms with Gasteiger partial charge in [0, 0.05) is 31.1 Å². The van der Waals surface area contributed by atoms with Crippen LogP contribution in [0.3, 0.4) is 0 Å². The standard InChI is InChI=1S/C20H20N4O4/c1-23-10-9-20(27,19(23)26)8-7-13-4-2-5-14(12-13)24-18-15(6-3-11-28-18)16(22-24)17(21)25/h2,4-5,12,27H,3,6,9-11H2,1H3,(H2,21,25). The van der Waals surface area contributed by atoms with Crippen molar-refractivity contribution in [3.63, 3.8) is 0 Å². The summed E-state index contributed by atoms with van der Waals surface area (Å²) < 4.78 is 7.27. The number of primary amides is 1. The summed E-state index contributed by atoms with van der Waals surface area (Å²) in [4.78, 5) is 25.3. The normalized spacial score (nSPS) is 20.9. The van der Waals surface area contributed by atoms with Gasteiger partial charge in [0.25, 0.3) is 11.8 Å². The zero-order valence-electron chi connectivity index (χ0n) is 15.4. The van der Waals surface area contributed by atoms with Crippen LogP contribution in [-0.2, 0) is 11.2 Å². The molecule has 1 aromatic carbocycles. The highest BCUT2D eigenvalue weighted by molar-refractivity contribution is 5.93. The number of hydrogen-bond donors (Lipinski definition) is 2. The van der Waals surface area contributed by atoms with Gasteiger partial charge in [0.15, 0.2) is 5.69 Å². The van der Waals surface area contributed by atoms with Gasteiger partial charge in [-0.1, -0.05) is 17.9 Å². The third kappa shape index (κ3) is 3.00. The van der Waals surface area contributed by atoms with Gasteiger partial charge >= 0.3 is 0 Å². The van der Waals surface area contributed by atoms with Crippen molar-refractivity contribution in [2.45, 2.75) is 24.9 Å². The van der Waals surface area contributed by atoms with Crippen LogP contribution in [-0.4, -0.2) is 57.4 Å². The quantitative estimate of drug-likeness (QED) is 0.725. The first-order valence-corrected chi connectivity index (χ1v) is 9.05. The van der Waals surface area contributed by atoms with Gasteiger partial charge < -0.3 is 20.5 Å². The molecule has 144 valence electrons. The van der Waals surface area contributed by atoms with E-state index in [0.29, 0.717) is 42.3 Å². The van der Waals surface area contributed by atoms with Crippen LogP contribution in [0.5, 0.6) is 5.88 Å². The Morgan fingerprint density at radius 1 is 1.43 bits per heavy atom. The Morgan fingerprint density at radius 2 is 2.25 bits per heavy atom. The van der Waals surface area contributed by atoms with Gasteiger partial charge in [0.1, 0.15) is 0 Å². The third-order valence-electron chi connectivity index (χ3n) is 4.99. The van der Waals surface area contributed by atoms with Gasteiger partial charge in [-0.25, -0.2) is 4.68 Å². The predicted molar refractivity (Wildman–Crippen MR) is 100.0 cm³/mol. The van der Waals surface area contributed by atoms with E-state index in [9.17, 15) is 14.7 Å². The van der Waals surface area contributed by atoms with Crippen molar-refractivity contribution in [2.75, 3.05) is 20.2 Å². The minimum atomic E-state index is -1.65. The van der Waals surface area contributed by atoms with Crippen molar-refractivity contribution in [3.05, 3.63) is 41.1 Å². The van der Waals surface area contributed by atoms with Crippen molar-refractivity contribution in [1.82, 2.24) is 14.7 Å². The average molecular weight is 380 g/mol. The number of carbonyl (C=O) groups excluding carboxylic acids is 2. The number of carbonyl (C=O) groups is 2. The maximum atomic E-state index is 12.1. The van der Waals surface area contributed by atoms with Gasteiger partial charge in [-0.15, -0.1) is 0 Å². The molecule has 8 heteroatoms. The third-order valence-corrected chi connectivity index (χ3v) is 4.99. The van der Waals surface area contributed by atoms with Crippen LogP contribution in [0, 0.1) is 11.8 Å². The number of nitrogens with zero attached hydrogens (tertiary/aromatic N) is 3. The summed E-state index contributed by atoms with van der Waals surface area (Å²) in [6.45, 7) is 1.01. The number of benzene rings is 1. The van der Waals surface area contributed by atoms with Crippen LogP contribution >= 0.6 is 0 Å². The topological polar surface area (TPSA) is 111 Å². The maximum Gasteiger partial charge on any atom is 0.269 e. The van der Waals surface area contributed by atoms with Crippen LogP contribution in [0.15, 0.2) is 24.3 Å². The monoisotopic (exact) mass is 380 g/mol. The van der Waals surface area contributed by atoms with Gasteiger partial charge in [-0.2, -0.15) is 5.10 Å². The first kappa shape index (κ1) is 18.1. The Morgan fingerprint density at radius 3 is 2.96 bits per heavy atom. The van der Waals surface area contributed by atoms with Crippen molar-refractivity contribution in [2.24, 2.45) is 5.73 Å². The van der Waals surface area contributed by atoms with Crippen molar-refractivity contribution < 1.29 is 19.4 Å². The summed E-state index contributed by atoms with van der Waals surface area (Å²) in [5, 5.41) is 14.8. The molecular formula is C20H20N4O4. The van der Waals surface area contributed by atoms with E-state index in [-0.39, 0.29) is 12.1 Å². The lowest BCUT2D eigenvalue weighted by Crippen LogP contribution is -2.37. The molecule has 0 radical (unpaired) electrons. The first-order chi connectivity index (χ1) is 13.4. The second-order valence-corrected chi connectivity index (χ2v) is 7.00. The molecule has 2 aromatic rings. The fraction of sp³-hybridized carbons (Fsp3) is 0.350. The maximum absolute atomic E-state index is 12.1. The molecule has 1 saturated heterocycles. The zero-order chi connectivity index (χ0) is 19.9. The van der Waals surface area contributed by atoms with E-state index in [1.807, 2.05) is 6.07 Å². The molecule has 0 saturated carbocycles. The summed E-state index contributed by atoms with van der Waals surface area (Å²) in [6.07, 6.45) is 1.75. The van der Waals surface area contributed by atoms with Crippen molar-refractivity contribution in [3.8, 4) is 23.4 Å². The lowest BCUT2D eigenvalue weighted by atomic mass is 10.0. The minimum Gasteiger partial charge on any atom is -0.477 e. The fourth-order valence-corrected chi connectivity index (χ4v) is 3.46. The second kappa shape index (κ2) is 6.69. The smallest absolute Gasteiger partial charge is 0.269 e. The van der Waals surface area contributed by atoms with Gasteiger partial charge in [-0.3, -0.25) is 9.59 Å². The highest BCUT2D eigenvalue weighted by Crippen LogP contribution is 2.30. The largest absolute Gasteiger partial charge is 0.477 e. The van der Waals surface area contributed by atoms with Gasteiger partial charge in [-0.05, 0) is 31.0 Å². The van der Waals surface area contributed by atoms with Gasteiger partial charge in [0.2, 0.25) is 11.5 Å². The van der Waals surface area contributed by atoms with E-state index in [1.54, 1.807) is 29.9 Å². The average Bonchev–Trinajstić information content (AvgIpc) is 3.21. The summed E-state index contributed by atoms with van der Waals surface area (Å²) in [5.41, 5.74) is 5.98. The Balaban J connectivity index is 1.71. The Kier molecular flexibility index (Phi) is 4.32. The summed E-state index contributed by atoms with van der Waals surface area (Å²) in [6, 6.07) is 7.13. The molecule has 1 fully saturated rings. The highest BCUT2D eigenvalue weighted by atomic mass is 16.5. The molecule has 0 bridgehead atoms. The number of amides is 2. The number of hydrogen-bond acceptors (Lipinski definition) is 5. The van der Waals surface area contributed by atoms with E-state index in [0.717, 1.165) is 6.42 Å². The lowest BCUT2D eigenvalue weighted by Gasteiger charge is -2.15. The highest BCUT2D eigenvalue weighted by Gasteiger charge is 2.42. The Hall–Kier alpha value is -3.31. The van der Waals surface area contributed by atoms with Crippen molar-refractivity contribution in [1.29, 1.82) is 0 Å². The predicted octanol–water partition coefficient (Wildman–Crippen LogP) is 0.241. The van der Waals surface area contributed by atoms with E-state index in [2.05, 4.69) is 16.9 Å². The molecule has 0 spiro atoms. The number of aromatic nitrogens is 2. The first-order valence-electron chi connectivity index (χ1n) is 9.05. The molecule has 2 aliphatic rings. The van der Waals surface area contributed by atoms with E-state index in [1.165, 1.54) is 4.90 Å². The van der Waals surface area contributed by atoms with E-state index >= 15 is 0 Å². The number of nitrogens with two attached hydrogens (primary N) is 1. The molecule has 8 nitrogen and oxygen atoms in total. The Labute approximate surface area is 161 Å². The van der Waals surface area contributed by atoms with Crippen LogP contribution in [0.1, 0.15) is 34.5 Å². The molecule has 2 aliphatic heterocycles. The van der Waals surface area contributed by atoms with Crippen LogP contribution in [0.2, 0.25) is 0 Å². The number of rotatable bonds is 2. The molecule has 2 amide bonds. The molecule has 3 heterocycles. The number of fused-ring (bicyclic) bond motifs is 1. The molecule has 0 aliphatic carbocycles. The molecular weight excluding hydrogens is 360 g/mol. The molecule has 3 N–H and O–H groups in total. The molecule has 1 unspecified atom stereocenters. The summed E-state index contributed by atoms with van der Waals surface area (Å²) in [7, 11) is 1.64. The van der Waals surface area contributed by atoms with Crippen LogP contribution < -0.4 is 10.5 Å². The van der Waals surface area contributed by atoms with Crippen molar-refractivity contribution >= 4 is 11.8 Å². The molecule has 1 aromatic heterocycles. The number of ether oxygens (including phenoxy) is 1. The lowest BCUT2D eigenvalue weighted by molar-refractivity contribution is -0.137. The molecule has 1 atom stereocenters. The number of likely N-dealkylation sites (tertiary alicyclic amines) is 1.